The standard InChI is InChI=1S/C65H41N5/c1-3-18-42(19-4-1)67-61-31-15-16-32-62(61)68(43-20-5-2-6-21-43)64-41-56-55(40-63(64)67)47-36-34-45(70-59-29-13-9-24-50(59)51-25-10-14-30-60(51)70)39-54(47)53-38-44(33-35-46(53)52-26-17-37-66-65(52)56)69-57-27-11-7-22-48(57)49-23-8-12-28-58(49)69/h1-41H. The van der Waals surface area contributed by atoms with Crippen molar-refractivity contribution in [1.82, 2.24) is 23.3 Å². The van der Waals surface area contributed by atoms with Gasteiger partial charge < -0.3 is 18.3 Å². The molecule has 0 fully saturated rings. The molecule has 0 bridgehead atoms. The van der Waals surface area contributed by atoms with Crippen molar-refractivity contribution < 1.29 is 0 Å². The number of pyridine rings is 1. The molecule has 5 nitrogen and oxygen atoms in total. The van der Waals surface area contributed by atoms with Gasteiger partial charge in [-0.25, -0.2) is 0 Å². The van der Waals surface area contributed by atoms with Gasteiger partial charge in [0, 0.05) is 61.3 Å². The molecule has 5 heteroatoms. The van der Waals surface area contributed by atoms with Crippen LogP contribution in [0.25, 0.3) is 132 Å². The third-order valence-corrected chi connectivity index (χ3v) is 14.6. The molecule has 0 atom stereocenters. The van der Waals surface area contributed by atoms with Crippen molar-refractivity contribution in [3.63, 3.8) is 0 Å². The molecule has 4 aromatic heterocycles. The molecule has 326 valence electrons. The minimum absolute atomic E-state index is 0.946. The Morgan fingerprint density at radius 1 is 0.200 bits per heavy atom. The summed E-state index contributed by atoms with van der Waals surface area (Å²) in [5, 5.41) is 12.8. The highest BCUT2D eigenvalue weighted by Crippen LogP contribution is 2.42. The monoisotopic (exact) mass is 891 g/mol. The molecule has 0 saturated carbocycles. The first-order valence-corrected chi connectivity index (χ1v) is 24.0. The van der Waals surface area contributed by atoms with E-state index in [9.17, 15) is 0 Å². The number of hydrogen-bond acceptors (Lipinski definition) is 1. The molecule has 0 radical (unpaired) electrons. The number of benzene rings is 10. The Labute approximate surface area is 401 Å². The van der Waals surface area contributed by atoms with Gasteiger partial charge in [0.25, 0.3) is 0 Å². The van der Waals surface area contributed by atoms with Crippen molar-refractivity contribution in [2.24, 2.45) is 0 Å². The maximum absolute atomic E-state index is 5.34. The van der Waals surface area contributed by atoms with Gasteiger partial charge in [0.1, 0.15) is 0 Å². The molecule has 4 heterocycles. The zero-order valence-electron chi connectivity index (χ0n) is 37.9. The fourth-order valence-electron chi connectivity index (χ4n) is 11.7. The summed E-state index contributed by atoms with van der Waals surface area (Å²) in [6.07, 6.45) is 1.95. The van der Waals surface area contributed by atoms with Crippen molar-refractivity contribution in [3.8, 4) is 22.7 Å². The van der Waals surface area contributed by atoms with Crippen LogP contribution in [0.2, 0.25) is 0 Å². The highest BCUT2D eigenvalue weighted by atomic mass is 15.1. The molecule has 11 aromatic carbocycles. The van der Waals surface area contributed by atoms with Gasteiger partial charge in [0.05, 0.1) is 49.7 Å². The van der Waals surface area contributed by atoms with Gasteiger partial charge in [0.15, 0.2) is 0 Å². The lowest BCUT2D eigenvalue weighted by molar-refractivity contribution is 1.09. The fraction of sp³-hybridized carbons (Fsp3) is 0. The molecule has 0 unspecified atom stereocenters. The molecule has 0 saturated heterocycles. The molecule has 15 aromatic rings. The van der Waals surface area contributed by atoms with E-state index in [2.05, 4.69) is 261 Å². The van der Waals surface area contributed by atoms with E-state index in [1.807, 2.05) is 6.20 Å². The van der Waals surface area contributed by atoms with E-state index in [4.69, 9.17) is 4.98 Å². The number of hydrogen-bond donors (Lipinski definition) is 0. The summed E-state index contributed by atoms with van der Waals surface area (Å²) in [4.78, 5) is 5.34. The van der Waals surface area contributed by atoms with Crippen molar-refractivity contribution in [3.05, 3.63) is 249 Å². The highest BCUT2D eigenvalue weighted by molar-refractivity contribution is 6.27. The van der Waals surface area contributed by atoms with Gasteiger partial charge in [0.2, 0.25) is 0 Å². The van der Waals surface area contributed by atoms with Gasteiger partial charge >= 0.3 is 0 Å². The number of aromatic nitrogens is 5. The minimum atomic E-state index is 0.946. The SMILES string of the molecule is c1ccc(-n2c3ccccc3n(-c3ccccc3)c3cc4c(cc32)c2ccc(-n3c5ccccc5c5ccccc53)cc2c2cc(-n3c5ccccc5c5ccccc53)ccc2c2cccnc24)cc1. The van der Waals surface area contributed by atoms with Gasteiger partial charge in [-0.05, 0) is 130 Å². The number of rotatable bonds is 4. The molecule has 0 aliphatic heterocycles. The second-order valence-electron chi connectivity index (χ2n) is 18.3. The quantitative estimate of drug-likeness (QED) is 0.162. The second kappa shape index (κ2) is 15.0. The summed E-state index contributed by atoms with van der Waals surface area (Å²) in [6.45, 7) is 0. The summed E-state index contributed by atoms with van der Waals surface area (Å²) in [5.41, 5.74) is 14.4. The predicted molar refractivity (Wildman–Crippen MR) is 294 cm³/mol. The number of para-hydroxylation sites is 8. The molecule has 0 amide bonds. The third-order valence-electron chi connectivity index (χ3n) is 14.6. The summed E-state index contributed by atoms with van der Waals surface area (Å²) in [7, 11) is 0. The molecule has 0 N–H and O–H groups in total. The van der Waals surface area contributed by atoms with Crippen molar-refractivity contribution in [1.29, 1.82) is 0 Å². The van der Waals surface area contributed by atoms with Crippen molar-refractivity contribution in [2.75, 3.05) is 0 Å². The van der Waals surface area contributed by atoms with Crippen LogP contribution < -0.4 is 0 Å². The van der Waals surface area contributed by atoms with Crippen LogP contribution in [0.1, 0.15) is 0 Å². The van der Waals surface area contributed by atoms with Crippen molar-refractivity contribution >= 4 is 109 Å². The molecule has 70 heavy (non-hydrogen) atoms. The van der Waals surface area contributed by atoms with Gasteiger partial charge in [-0.1, -0.05) is 140 Å². The average molecular weight is 892 g/mol. The normalized spacial score (nSPS) is 12.0. The van der Waals surface area contributed by atoms with Gasteiger partial charge in [-0.3, -0.25) is 4.98 Å². The van der Waals surface area contributed by atoms with Crippen LogP contribution in [0.5, 0.6) is 0 Å². The Kier molecular flexibility index (Phi) is 8.29. The third kappa shape index (κ3) is 5.57. The Balaban J connectivity index is 1.17. The Bertz CT molecular complexity index is 4600. The lowest BCUT2D eigenvalue weighted by Gasteiger charge is -2.23. The van der Waals surface area contributed by atoms with E-state index in [-0.39, 0.29) is 0 Å². The lowest BCUT2D eigenvalue weighted by Crippen LogP contribution is -2.08. The molecule has 0 aliphatic rings. The van der Waals surface area contributed by atoms with Gasteiger partial charge in [-0.15, -0.1) is 0 Å². The molecule has 0 spiro atoms. The summed E-state index contributed by atoms with van der Waals surface area (Å²) >= 11 is 0. The Morgan fingerprint density at radius 2 is 0.543 bits per heavy atom. The lowest BCUT2D eigenvalue weighted by atomic mass is 9.95. The highest BCUT2D eigenvalue weighted by Gasteiger charge is 2.20. The van der Waals surface area contributed by atoms with Crippen LogP contribution in [-0.2, 0) is 0 Å². The zero-order chi connectivity index (χ0) is 45.9. The Morgan fingerprint density at radius 3 is 1.00 bits per heavy atom. The van der Waals surface area contributed by atoms with Crippen LogP contribution >= 0.6 is 0 Å². The average Bonchev–Trinajstić information content (AvgIpc) is 3.95. The molecule has 0 aliphatic carbocycles. The first-order chi connectivity index (χ1) is 34.8. The van der Waals surface area contributed by atoms with Crippen molar-refractivity contribution in [2.45, 2.75) is 0 Å². The van der Waals surface area contributed by atoms with E-state index in [1.54, 1.807) is 0 Å². The topological polar surface area (TPSA) is 32.6 Å². The fourth-order valence-corrected chi connectivity index (χ4v) is 11.7. The first kappa shape index (κ1) is 38.6. The van der Waals surface area contributed by atoms with Crippen LogP contribution in [0.3, 0.4) is 0 Å². The van der Waals surface area contributed by atoms with Crippen LogP contribution in [0, 0.1) is 0 Å². The maximum Gasteiger partial charge on any atom is 0.0787 e. The predicted octanol–water partition coefficient (Wildman–Crippen LogP) is 16.9. The second-order valence-corrected chi connectivity index (χ2v) is 18.3. The molecular weight excluding hydrogens is 851 g/mol. The Hall–Kier alpha value is -9.45. The van der Waals surface area contributed by atoms with Gasteiger partial charge in [-0.2, -0.15) is 0 Å². The largest absolute Gasteiger partial charge is 0.309 e. The number of fused-ring (bicyclic) bond motifs is 16. The molecule has 15 rings (SSSR count). The van der Waals surface area contributed by atoms with E-state index in [0.29, 0.717) is 0 Å². The van der Waals surface area contributed by atoms with E-state index >= 15 is 0 Å². The van der Waals surface area contributed by atoms with Crippen LogP contribution in [-0.4, -0.2) is 23.3 Å². The summed E-state index contributed by atoms with van der Waals surface area (Å²) < 4.78 is 9.73. The van der Waals surface area contributed by atoms with E-state index in [0.717, 1.165) is 88.0 Å². The minimum Gasteiger partial charge on any atom is -0.309 e. The van der Waals surface area contributed by atoms with E-state index < -0.39 is 0 Å². The zero-order valence-corrected chi connectivity index (χ0v) is 37.9. The smallest absolute Gasteiger partial charge is 0.0787 e. The maximum atomic E-state index is 5.34. The van der Waals surface area contributed by atoms with E-state index in [1.165, 1.54) is 43.6 Å². The van der Waals surface area contributed by atoms with Crippen LogP contribution in [0.15, 0.2) is 249 Å². The number of nitrogens with zero attached hydrogens (tertiary/aromatic N) is 5. The first-order valence-electron chi connectivity index (χ1n) is 24.0. The van der Waals surface area contributed by atoms with Crippen LogP contribution in [0.4, 0.5) is 0 Å². The summed E-state index contributed by atoms with van der Waals surface area (Å²) in [5.74, 6) is 0. The summed E-state index contributed by atoms with van der Waals surface area (Å²) in [6, 6.07) is 88.8. The molecular formula is C65H41N5.